The van der Waals surface area contributed by atoms with Gasteiger partial charge < -0.3 is 11.1 Å². The number of amides is 1. The van der Waals surface area contributed by atoms with Crippen LogP contribution in [0.15, 0.2) is 38.9 Å². The van der Waals surface area contributed by atoms with Crippen molar-refractivity contribution in [3.63, 3.8) is 0 Å². The molecule has 1 aromatic heterocycles. The van der Waals surface area contributed by atoms with E-state index in [9.17, 15) is 13.2 Å². The predicted molar refractivity (Wildman–Crippen MR) is 97.5 cm³/mol. The first-order valence-corrected chi connectivity index (χ1v) is 10.1. The van der Waals surface area contributed by atoms with E-state index in [0.29, 0.717) is 22.0 Å². The van der Waals surface area contributed by atoms with Gasteiger partial charge in [-0.25, -0.2) is 23.2 Å². The van der Waals surface area contributed by atoms with Crippen LogP contribution >= 0.6 is 11.8 Å². The Morgan fingerprint density at radius 1 is 1.41 bits per heavy atom. The van der Waals surface area contributed by atoms with E-state index in [4.69, 9.17) is 16.1 Å². The van der Waals surface area contributed by atoms with Gasteiger partial charge in [-0.2, -0.15) is 5.26 Å². The first-order chi connectivity index (χ1) is 12.8. The number of nitriles is 1. The van der Waals surface area contributed by atoms with Crippen LogP contribution in [0.1, 0.15) is 11.3 Å². The lowest BCUT2D eigenvalue weighted by molar-refractivity contribution is -0.118. The number of sulfonamides is 1. The summed E-state index contributed by atoms with van der Waals surface area (Å²) in [7, 11) is -3.87. The molecule has 2 rings (SSSR count). The topological polar surface area (TPSA) is 190 Å². The molecule has 13 heteroatoms. The van der Waals surface area contributed by atoms with Gasteiger partial charge in [0.1, 0.15) is 5.75 Å². The van der Waals surface area contributed by atoms with Crippen LogP contribution in [-0.4, -0.2) is 48.5 Å². The molecule has 0 spiro atoms. The number of benzene rings is 1. The number of amidine groups is 1. The lowest BCUT2D eigenvalue weighted by atomic mass is 10.2. The third-order valence-corrected chi connectivity index (χ3v) is 4.54. The van der Waals surface area contributed by atoms with Gasteiger partial charge in [-0.05, 0) is 28.5 Å². The molecule has 0 saturated carbocycles. The summed E-state index contributed by atoms with van der Waals surface area (Å²) in [4.78, 5) is 15.5. The number of aromatic nitrogens is 2. The summed E-state index contributed by atoms with van der Waals surface area (Å²) in [5.74, 6) is -1.08. The molecule has 27 heavy (non-hydrogen) atoms. The molecule has 0 unspecified atom stereocenters. The van der Waals surface area contributed by atoms with Crippen molar-refractivity contribution in [2.45, 2.75) is 5.03 Å². The number of nitrogens with two attached hydrogens (primary N) is 2. The second kappa shape index (κ2) is 9.12. The Balaban J connectivity index is 1.96. The SMILES string of the molecule is N#Cc1cccc(N=C(N)c2nonc2SCCNC(=O)CS(N)(=O)=O)c1. The van der Waals surface area contributed by atoms with Gasteiger partial charge in [0.2, 0.25) is 15.9 Å². The van der Waals surface area contributed by atoms with Gasteiger partial charge in [-0.15, -0.1) is 0 Å². The molecule has 0 atom stereocenters. The minimum Gasteiger partial charge on any atom is -0.382 e. The van der Waals surface area contributed by atoms with Crippen LogP contribution in [0.25, 0.3) is 0 Å². The molecule has 0 aliphatic heterocycles. The number of carbonyl (C=O) groups is 1. The van der Waals surface area contributed by atoms with Crippen molar-refractivity contribution in [1.82, 2.24) is 15.6 Å². The number of rotatable bonds is 8. The standard InChI is InChI=1S/C14H15N7O4S2/c15-7-9-2-1-3-10(6-9)19-13(16)12-14(21-25-20-12)26-5-4-18-11(22)8-27(17,23)24/h1-3,6H,4-5,8H2,(H2,16,19)(H,18,22)(H2,17,23,24). The number of hydrogen-bond acceptors (Lipinski definition) is 9. The van der Waals surface area contributed by atoms with Crippen LogP contribution in [0.3, 0.4) is 0 Å². The Labute approximate surface area is 158 Å². The van der Waals surface area contributed by atoms with Gasteiger partial charge >= 0.3 is 0 Å². The highest BCUT2D eigenvalue weighted by Gasteiger charge is 2.15. The predicted octanol–water partition coefficient (Wildman–Crippen LogP) is -0.525. The monoisotopic (exact) mass is 409 g/mol. The molecule has 1 aromatic carbocycles. The summed E-state index contributed by atoms with van der Waals surface area (Å²) >= 11 is 1.18. The summed E-state index contributed by atoms with van der Waals surface area (Å²) in [5.41, 5.74) is 7.06. The summed E-state index contributed by atoms with van der Waals surface area (Å²) in [6.45, 7) is 0.173. The molecule has 142 valence electrons. The highest BCUT2D eigenvalue weighted by molar-refractivity contribution is 7.99. The molecular weight excluding hydrogens is 394 g/mol. The summed E-state index contributed by atoms with van der Waals surface area (Å²) in [5, 5.41) is 23.9. The highest BCUT2D eigenvalue weighted by atomic mass is 32.2. The molecule has 5 N–H and O–H groups in total. The van der Waals surface area contributed by atoms with Gasteiger partial charge in [0.05, 0.1) is 17.3 Å². The highest BCUT2D eigenvalue weighted by Crippen LogP contribution is 2.20. The average molecular weight is 409 g/mol. The molecule has 0 aliphatic carbocycles. The van der Waals surface area contributed by atoms with E-state index in [1.165, 1.54) is 11.8 Å². The number of nitrogens with one attached hydrogen (secondary N) is 1. The van der Waals surface area contributed by atoms with E-state index in [2.05, 4.69) is 25.3 Å². The molecule has 0 radical (unpaired) electrons. The van der Waals surface area contributed by atoms with Gasteiger partial charge in [0.25, 0.3) is 0 Å². The molecule has 1 amide bonds. The zero-order chi connectivity index (χ0) is 19.9. The molecular formula is C14H15N7O4S2. The Morgan fingerprint density at radius 3 is 2.89 bits per heavy atom. The molecule has 0 bridgehead atoms. The molecule has 1 heterocycles. The second-order valence-electron chi connectivity index (χ2n) is 5.08. The number of carbonyl (C=O) groups excluding carboxylic acids is 1. The fourth-order valence-corrected chi connectivity index (χ4v) is 3.07. The summed E-state index contributed by atoms with van der Waals surface area (Å²) in [6, 6.07) is 8.55. The molecule has 0 saturated heterocycles. The second-order valence-corrected chi connectivity index (χ2v) is 7.78. The zero-order valence-corrected chi connectivity index (χ0v) is 15.5. The average Bonchev–Trinajstić information content (AvgIpc) is 3.06. The lowest BCUT2D eigenvalue weighted by Crippen LogP contribution is -2.34. The van der Waals surface area contributed by atoms with Crippen molar-refractivity contribution in [3.8, 4) is 6.07 Å². The van der Waals surface area contributed by atoms with E-state index in [1.807, 2.05) is 6.07 Å². The minimum atomic E-state index is -3.87. The fraction of sp³-hybridized carbons (Fsp3) is 0.214. The largest absolute Gasteiger partial charge is 0.382 e. The third-order valence-electron chi connectivity index (χ3n) is 2.92. The fourth-order valence-electron chi connectivity index (χ4n) is 1.84. The maximum Gasteiger partial charge on any atom is 0.236 e. The Morgan fingerprint density at radius 2 is 2.19 bits per heavy atom. The maximum atomic E-state index is 11.4. The van der Waals surface area contributed by atoms with Gasteiger partial charge in [0, 0.05) is 12.3 Å². The van der Waals surface area contributed by atoms with Gasteiger partial charge in [-0.1, -0.05) is 17.8 Å². The first-order valence-electron chi connectivity index (χ1n) is 7.35. The quantitative estimate of drug-likeness (QED) is 0.223. The van der Waals surface area contributed by atoms with Crippen LogP contribution in [0.2, 0.25) is 0 Å². The van der Waals surface area contributed by atoms with Crippen LogP contribution < -0.4 is 16.2 Å². The van der Waals surface area contributed by atoms with Crippen molar-refractivity contribution in [3.05, 3.63) is 35.5 Å². The zero-order valence-electron chi connectivity index (χ0n) is 13.8. The molecule has 11 nitrogen and oxygen atoms in total. The van der Waals surface area contributed by atoms with E-state index in [-0.39, 0.29) is 18.1 Å². The summed E-state index contributed by atoms with van der Waals surface area (Å²) < 4.78 is 26.3. The van der Waals surface area contributed by atoms with Gasteiger partial charge in [0.15, 0.2) is 16.6 Å². The molecule has 2 aromatic rings. The molecule has 0 aliphatic rings. The van der Waals surface area contributed by atoms with Crippen molar-refractivity contribution >= 4 is 39.2 Å². The van der Waals surface area contributed by atoms with Crippen LogP contribution in [0, 0.1) is 11.3 Å². The minimum absolute atomic E-state index is 0.0482. The number of nitrogens with zero attached hydrogens (tertiary/aromatic N) is 4. The van der Waals surface area contributed by atoms with Gasteiger partial charge in [-0.3, -0.25) is 4.79 Å². The van der Waals surface area contributed by atoms with Crippen molar-refractivity contribution in [2.75, 3.05) is 18.1 Å². The normalized spacial score (nSPS) is 11.8. The maximum absolute atomic E-state index is 11.4. The summed E-state index contributed by atoms with van der Waals surface area (Å²) in [6.07, 6.45) is 0. The van der Waals surface area contributed by atoms with E-state index in [0.717, 1.165) is 0 Å². The Hall–Kier alpha value is -2.95. The van der Waals surface area contributed by atoms with Crippen molar-refractivity contribution in [2.24, 2.45) is 15.9 Å². The van der Waals surface area contributed by atoms with Crippen LogP contribution in [-0.2, 0) is 14.8 Å². The third kappa shape index (κ3) is 6.70. The van der Waals surface area contributed by atoms with Crippen molar-refractivity contribution < 1.29 is 17.8 Å². The lowest BCUT2D eigenvalue weighted by Gasteiger charge is -2.03. The van der Waals surface area contributed by atoms with Crippen molar-refractivity contribution in [1.29, 1.82) is 5.26 Å². The van der Waals surface area contributed by atoms with Crippen LogP contribution in [0.5, 0.6) is 0 Å². The first kappa shape index (κ1) is 20.4. The van der Waals surface area contributed by atoms with Crippen LogP contribution in [0.4, 0.5) is 5.69 Å². The number of primary sulfonamides is 1. The van der Waals surface area contributed by atoms with E-state index in [1.54, 1.807) is 24.3 Å². The Kier molecular flexibility index (Phi) is 6.88. The number of thioether (sulfide) groups is 1. The van der Waals surface area contributed by atoms with E-state index < -0.39 is 21.7 Å². The molecule has 0 fully saturated rings. The number of hydrogen-bond donors (Lipinski definition) is 3. The van der Waals surface area contributed by atoms with E-state index >= 15 is 0 Å². The number of aliphatic imine (C=N–C) groups is 1. The smallest absolute Gasteiger partial charge is 0.236 e. The Bertz CT molecular complexity index is 995.